The predicted molar refractivity (Wildman–Crippen MR) is 83.1 cm³/mol. The molecule has 1 fully saturated rings. The molecule has 0 saturated carbocycles. The van der Waals surface area contributed by atoms with Crippen LogP contribution >= 0.6 is 11.6 Å². The smallest absolute Gasteiger partial charge is 0.319 e. The predicted octanol–water partition coefficient (Wildman–Crippen LogP) is 4.29. The summed E-state index contributed by atoms with van der Waals surface area (Å²) in [5.41, 5.74) is -0.675. The van der Waals surface area contributed by atoms with Crippen LogP contribution in [0, 0.1) is 15.9 Å². The molecule has 5 nitrogen and oxygen atoms in total. The summed E-state index contributed by atoms with van der Waals surface area (Å²) in [6, 6.07) is 6.62. The van der Waals surface area contributed by atoms with Gasteiger partial charge in [-0.15, -0.1) is 0 Å². The van der Waals surface area contributed by atoms with Crippen molar-refractivity contribution in [3.8, 4) is 11.1 Å². The topological polar surface area (TPSA) is 59.3 Å². The van der Waals surface area contributed by atoms with Crippen molar-refractivity contribution < 1.29 is 18.1 Å². The maximum atomic E-state index is 14.1. The number of rotatable bonds is 3. The molecule has 126 valence electrons. The van der Waals surface area contributed by atoms with Gasteiger partial charge >= 0.3 is 5.69 Å². The second kappa shape index (κ2) is 5.94. The fourth-order valence-corrected chi connectivity index (χ4v) is 2.89. The Labute approximate surface area is 139 Å². The van der Waals surface area contributed by atoms with Gasteiger partial charge < -0.3 is 4.90 Å². The van der Waals surface area contributed by atoms with E-state index < -0.39 is 35.3 Å². The van der Waals surface area contributed by atoms with Crippen molar-refractivity contribution in [3.63, 3.8) is 0 Å². The first-order valence-corrected chi connectivity index (χ1v) is 7.39. The summed E-state index contributed by atoms with van der Waals surface area (Å²) in [5, 5.41) is 11.4. The van der Waals surface area contributed by atoms with E-state index in [0.29, 0.717) is 0 Å². The van der Waals surface area contributed by atoms with Crippen molar-refractivity contribution in [2.45, 2.75) is 12.3 Å². The van der Waals surface area contributed by atoms with E-state index in [1.165, 1.54) is 18.2 Å². The molecule has 0 N–H and O–H groups in total. The largest absolute Gasteiger partial charge is 0.345 e. The van der Waals surface area contributed by atoms with E-state index in [1.807, 2.05) is 0 Å². The van der Waals surface area contributed by atoms with Crippen LogP contribution in [0.5, 0.6) is 0 Å². The van der Waals surface area contributed by atoms with E-state index in [4.69, 9.17) is 11.6 Å². The van der Waals surface area contributed by atoms with Crippen LogP contribution in [0.4, 0.5) is 24.7 Å². The van der Waals surface area contributed by atoms with Crippen LogP contribution in [0.3, 0.4) is 0 Å². The lowest BCUT2D eigenvalue weighted by atomic mass is 10.0. The SMILES string of the molecule is O=[N+]([O-])c1c(-c2ccccc2F)cc(Cl)nc1N1CCC(F)(F)C1. The molecular formula is C15H11ClF3N3O2. The van der Waals surface area contributed by atoms with E-state index in [1.54, 1.807) is 0 Å². The van der Waals surface area contributed by atoms with E-state index in [9.17, 15) is 23.3 Å². The van der Waals surface area contributed by atoms with Crippen molar-refractivity contribution in [3.05, 3.63) is 51.4 Å². The number of pyridine rings is 1. The summed E-state index contributed by atoms with van der Waals surface area (Å²) in [7, 11) is 0. The van der Waals surface area contributed by atoms with Gasteiger partial charge in [-0.3, -0.25) is 10.1 Å². The van der Waals surface area contributed by atoms with Gasteiger partial charge in [0.2, 0.25) is 5.82 Å². The van der Waals surface area contributed by atoms with Gasteiger partial charge in [0, 0.05) is 18.5 Å². The highest BCUT2D eigenvalue weighted by Gasteiger charge is 2.41. The molecule has 9 heteroatoms. The van der Waals surface area contributed by atoms with Crippen molar-refractivity contribution in [2.75, 3.05) is 18.0 Å². The van der Waals surface area contributed by atoms with Gasteiger partial charge in [-0.05, 0) is 12.1 Å². The minimum atomic E-state index is -2.96. The lowest BCUT2D eigenvalue weighted by Crippen LogP contribution is -2.26. The third kappa shape index (κ3) is 3.01. The van der Waals surface area contributed by atoms with Crippen LogP contribution in [0.15, 0.2) is 30.3 Å². The van der Waals surface area contributed by atoms with E-state index >= 15 is 0 Å². The minimum Gasteiger partial charge on any atom is -0.345 e. The Morgan fingerprint density at radius 1 is 1.29 bits per heavy atom. The van der Waals surface area contributed by atoms with Crippen molar-refractivity contribution in [2.24, 2.45) is 0 Å². The van der Waals surface area contributed by atoms with Crippen LogP contribution in [-0.2, 0) is 0 Å². The highest BCUT2D eigenvalue weighted by molar-refractivity contribution is 6.30. The number of hydrogen-bond donors (Lipinski definition) is 0. The highest BCUT2D eigenvalue weighted by atomic mass is 35.5. The Balaban J connectivity index is 2.21. The zero-order chi connectivity index (χ0) is 17.5. The molecule has 24 heavy (non-hydrogen) atoms. The Morgan fingerprint density at radius 2 is 2.00 bits per heavy atom. The molecule has 0 atom stereocenters. The zero-order valence-corrected chi connectivity index (χ0v) is 12.9. The number of benzene rings is 1. The molecule has 1 saturated heterocycles. The minimum absolute atomic E-state index is 0.0410. The third-order valence-electron chi connectivity index (χ3n) is 3.76. The van der Waals surface area contributed by atoms with E-state index in [-0.39, 0.29) is 28.6 Å². The Bertz CT molecular complexity index is 817. The third-order valence-corrected chi connectivity index (χ3v) is 3.95. The van der Waals surface area contributed by atoms with Gasteiger partial charge in [0.25, 0.3) is 5.92 Å². The molecule has 1 aliphatic rings. The first-order chi connectivity index (χ1) is 11.3. The molecule has 1 aliphatic heterocycles. The molecular weight excluding hydrogens is 347 g/mol. The summed E-state index contributed by atoms with van der Waals surface area (Å²) in [5.74, 6) is -3.92. The first-order valence-electron chi connectivity index (χ1n) is 7.01. The summed E-state index contributed by atoms with van der Waals surface area (Å²) in [6.45, 7) is -0.796. The molecule has 1 aromatic carbocycles. The molecule has 2 aromatic rings. The van der Waals surface area contributed by atoms with Crippen LogP contribution in [0.25, 0.3) is 11.1 Å². The van der Waals surface area contributed by atoms with Gasteiger partial charge in [-0.1, -0.05) is 29.8 Å². The summed E-state index contributed by atoms with van der Waals surface area (Å²) in [4.78, 5) is 15.7. The van der Waals surface area contributed by atoms with Crippen LogP contribution in [0.2, 0.25) is 5.15 Å². The molecule has 0 aliphatic carbocycles. The quantitative estimate of drug-likeness (QED) is 0.467. The zero-order valence-electron chi connectivity index (χ0n) is 12.2. The molecule has 0 bridgehead atoms. The number of nitro groups is 1. The fourth-order valence-electron chi connectivity index (χ4n) is 2.70. The Kier molecular flexibility index (Phi) is 4.08. The summed E-state index contributed by atoms with van der Waals surface area (Å²) < 4.78 is 41.0. The Hall–Kier alpha value is -2.35. The van der Waals surface area contributed by atoms with E-state index in [2.05, 4.69) is 4.98 Å². The van der Waals surface area contributed by atoms with Crippen LogP contribution in [-0.4, -0.2) is 28.9 Å². The number of nitrogens with zero attached hydrogens (tertiary/aromatic N) is 3. The van der Waals surface area contributed by atoms with Gasteiger partial charge in [-0.25, -0.2) is 18.2 Å². The lowest BCUT2D eigenvalue weighted by Gasteiger charge is -2.18. The number of hydrogen-bond acceptors (Lipinski definition) is 4. The average molecular weight is 358 g/mol. The summed E-state index contributed by atoms with van der Waals surface area (Å²) in [6.07, 6.45) is -0.437. The number of alkyl halides is 2. The summed E-state index contributed by atoms with van der Waals surface area (Å²) >= 11 is 5.91. The molecule has 0 amide bonds. The van der Waals surface area contributed by atoms with E-state index in [0.717, 1.165) is 17.0 Å². The van der Waals surface area contributed by atoms with Gasteiger partial charge in [0.1, 0.15) is 11.0 Å². The average Bonchev–Trinajstić information content (AvgIpc) is 2.86. The second-order valence-corrected chi connectivity index (χ2v) is 5.82. The standard InChI is InChI=1S/C15H11ClF3N3O2/c16-12-7-10(9-3-1-2-4-11(9)17)13(22(23)24)14(20-12)21-6-5-15(18,19)8-21/h1-4,7H,5-6,8H2. The molecule has 1 aromatic heterocycles. The van der Waals surface area contributed by atoms with Crippen LogP contribution < -0.4 is 4.90 Å². The van der Waals surface area contributed by atoms with Gasteiger partial charge in [0.05, 0.1) is 17.0 Å². The Morgan fingerprint density at radius 3 is 2.58 bits per heavy atom. The number of anilines is 1. The fraction of sp³-hybridized carbons (Fsp3) is 0.267. The molecule has 0 radical (unpaired) electrons. The monoisotopic (exact) mass is 357 g/mol. The van der Waals surface area contributed by atoms with Gasteiger partial charge in [0.15, 0.2) is 0 Å². The van der Waals surface area contributed by atoms with Gasteiger partial charge in [-0.2, -0.15) is 0 Å². The number of halogens is 4. The molecule has 3 rings (SSSR count). The molecule has 0 unspecified atom stereocenters. The molecule has 2 heterocycles. The maximum Gasteiger partial charge on any atom is 0.319 e. The normalized spacial score (nSPS) is 16.4. The second-order valence-electron chi connectivity index (χ2n) is 5.43. The van der Waals surface area contributed by atoms with Crippen molar-refractivity contribution >= 4 is 23.1 Å². The van der Waals surface area contributed by atoms with Crippen LogP contribution in [0.1, 0.15) is 6.42 Å². The van der Waals surface area contributed by atoms with Crippen molar-refractivity contribution in [1.29, 1.82) is 0 Å². The highest BCUT2D eigenvalue weighted by Crippen LogP contribution is 2.42. The maximum absolute atomic E-state index is 14.1. The van der Waals surface area contributed by atoms with Crippen molar-refractivity contribution in [1.82, 2.24) is 4.98 Å². The first kappa shape index (κ1) is 16.5. The molecule has 0 spiro atoms. The number of aromatic nitrogens is 1. The lowest BCUT2D eigenvalue weighted by molar-refractivity contribution is -0.383.